The fraction of sp³-hybridized carbons (Fsp3) is 0.261. The van der Waals surface area contributed by atoms with E-state index in [-0.39, 0.29) is 17.7 Å². The smallest absolute Gasteiger partial charge is 0.409 e. The zero-order chi connectivity index (χ0) is 22.2. The van der Waals surface area contributed by atoms with Gasteiger partial charge in [0.25, 0.3) is 11.8 Å². The van der Waals surface area contributed by atoms with E-state index in [2.05, 4.69) is 5.32 Å². The lowest BCUT2D eigenvalue weighted by Crippen LogP contribution is -2.52. The molecule has 0 bridgehead atoms. The van der Waals surface area contributed by atoms with Gasteiger partial charge < -0.3 is 19.9 Å². The van der Waals surface area contributed by atoms with E-state index in [0.29, 0.717) is 48.9 Å². The van der Waals surface area contributed by atoms with Crippen LogP contribution in [0.4, 0.5) is 4.79 Å². The second-order valence-corrected chi connectivity index (χ2v) is 7.29. The number of benzene rings is 2. The van der Waals surface area contributed by atoms with Gasteiger partial charge in [-0.05, 0) is 36.8 Å². The third kappa shape index (κ3) is 5.86. The summed E-state index contributed by atoms with van der Waals surface area (Å²) in [5.74, 6) is -0.731. The summed E-state index contributed by atoms with van der Waals surface area (Å²) in [6, 6.07) is 15.7. The maximum absolute atomic E-state index is 13.2. The number of rotatable bonds is 5. The highest BCUT2D eigenvalue weighted by atomic mass is 35.5. The Morgan fingerprint density at radius 3 is 2.23 bits per heavy atom. The van der Waals surface area contributed by atoms with Crippen LogP contribution < -0.4 is 5.32 Å². The van der Waals surface area contributed by atoms with Gasteiger partial charge >= 0.3 is 6.09 Å². The van der Waals surface area contributed by atoms with Gasteiger partial charge in [-0.2, -0.15) is 0 Å². The molecule has 7 nitrogen and oxygen atoms in total. The lowest BCUT2D eigenvalue weighted by molar-refractivity contribution is -0.128. The zero-order valence-electron chi connectivity index (χ0n) is 17.2. The normalized spacial score (nSPS) is 14.2. The number of nitrogens with zero attached hydrogens (tertiary/aromatic N) is 2. The molecule has 0 spiro atoms. The molecule has 8 heteroatoms. The molecule has 3 amide bonds. The maximum Gasteiger partial charge on any atom is 0.409 e. The Morgan fingerprint density at radius 2 is 1.58 bits per heavy atom. The van der Waals surface area contributed by atoms with E-state index in [4.69, 9.17) is 16.3 Å². The predicted octanol–water partition coefficient (Wildman–Crippen LogP) is 3.41. The molecule has 3 rings (SSSR count). The molecule has 1 aliphatic rings. The summed E-state index contributed by atoms with van der Waals surface area (Å²) in [7, 11) is 0. The minimum Gasteiger partial charge on any atom is -0.450 e. The lowest BCUT2D eigenvalue weighted by atomic mass is 10.1. The minimum absolute atomic E-state index is 0.117. The number of halogens is 1. The van der Waals surface area contributed by atoms with E-state index in [1.165, 1.54) is 0 Å². The van der Waals surface area contributed by atoms with Crippen LogP contribution in [0, 0.1) is 0 Å². The summed E-state index contributed by atoms with van der Waals surface area (Å²) in [5.41, 5.74) is 1.17. The monoisotopic (exact) mass is 441 g/mol. The van der Waals surface area contributed by atoms with Gasteiger partial charge in [0.05, 0.1) is 6.61 Å². The van der Waals surface area contributed by atoms with Crippen LogP contribution >= 0.6 is 11.6 Å². The maximum atomic E-state index is 13.2. The first-order valence-corrected chi connectivity index (χ1v) is 10.4. The quantitative estimate of drug-likeness (QED) is 0.721. The molecule has 1 aliphatic heterocycles. The number of hydrogen-bond acceptors (Lipinski definition) is 4. The number of carbonyl (C=O) groups is 3. The molecule has 0 aromatic heterocycles. The molecule has 31 heavy (non-hydrogen) atoms. The van der Waals surface area contributed by atoms with E-state index in [1.54, 1.807) is 71.3 Å². The van der Waals surface area contributed by atoms with Gasteiger partial charge in [0.1, 0.15) is 5.70 Å². The van der Waals surface area contributed by atoms with Crippen LogP contribution in [0.25, 0.3) is 6.08 Å². The molecule has 2 aromatic rings. The summed E-state index contributed by atoms with van der Waals surface area (Å²) < 4.78 is 5.02. The molecular formula is C23H24ClN3O4. The first kappa shape index (κ1) is 22.4. The molecule has 1 heterocycles. The molecule has 1 saturated heterocycles. The standard InChI is InChI=1S/C23H24ClN3O4/c1-2-31-23(30)27-14-12-26(13-15-27)22(29)20(16-18-10-6-7-11-19(18)24)25-21(28)17-8-4-3-5-9-17/h3-11,16H,2,12-15H2,1H3,(H,25,28)/b20-16-. The first-order chi connectivity index (χ1) is 15.0. The highest BCUT2D eigenvalue weighted by Crippen LogP contribution is 2.19. The third-order valence-corrected chi connectivity index (χ3v) is 5.16. The van der Waals surface area contributed by atoms with Crippen molar-refractivity contribution < 1.29 is 19.1 Å². The van der Waals surface area contributed by atoms with Gasteiger partial charge in [0.2, 0.25) is 0 Å². The summed E-state index contributed by atoms with van der Waals surface area (Å²) in [4.78, 5) is 41.0. The van der Waals surface area contributed by atoms with Crippen LogP contribution in [0.5, 0.6) is 0 Å². The molecule has 0 unspecified atom stereocenters. The third-order valence-electron chi connectivity index (χ3n) is 4.81. The Bertz CT molecular complexity index is 970. The lowest BCUT2D eigenvalue weighted by Gasteiger charge is -2.34. The van der Waals surface area contributed by atoms with Gasteiger partial charge in [0, 0.05) is 36.8 Å². The van der Waals surface area contributed by atoms with Crippen molar-refractivity contribution in [1.29, 1.82) is 0 Å². The van der Waals surface area contributed by atoms with E-state index in [1.807, 2.05) is 6.07 Å². The number of ether oxygens (including phenoxy) is 1. The molecule has 1 N–H and O–H groups in total. The summed E-state index contributed by atoms with van der Waals surface area (Å²) >= 11 is 6.26. The molecule has 2 aromatic carbocycles. The molecule has 162 valence electrons. The fourth-order valence-electron chi connectivity index (χ4n) is 3.16. The summed E-state index contributed by atoms with van der Waals surface area (Å²) in [5, 5.41) is 3.19. The molecule has 0 saturated carbocycles. The minimum atomic E-state index is -0.391. The Hall–Kier alpha value is -3.32. The predicted molar refractivity (Wildman–Crippen MR) is 119 cm³/mol. The van der Waals surface area contributed by atoms with Crippen molar-refractivity contribution >= 4 is 35.6 Å². The number of piperazine rings is 1. The Balaban J connectivity index is 1.79. The largest absolute Gasteiger partial charge is 0.450 e. The van der Waals surface area contributed by atoms with Crippen molar-refractivity contribution in [1.82, 2.24) is 15.1 Å². The van der Waals surface area contributed by atoms with Crippen molar-refractivity contribution in [3.63, 3.8) is 0 Å². The number of amides is 3. The van der Waals surface area contributed by atoms with E-state index in [9.17, 15) is 14.4 Å². The molecule has 0 atom stereocenters. The molecule has 1 fully saturated rings. The van der Waals surface area contributed by atoms with Gasteiger partial charge in [-0.25, -0.2) is 4.79 Å². The average molecular weight is 442 g/mol. The van der Waals surface area contributed by atoms with Gasteiger partial charge in [0.15, 0.2) is 0 Å². The summed E-state index contributed by atoms with van der Waals surface area (Å²) in [6.45, 7) is 3.43. The second-order valence-electron chi connectivity index (χ2n) is 6.88. The number of nitrogens with one attached hydrogen (secondary N) is 1. The van der Waals surface area contributed by atoms with Crippen molar-refractivity contribution in [2.75, 3.05) is 32.8 Å². The Kier molecular flexibility index (Phi) is 7.67. The van der Waals surface area contributed by atoms with Crippen LogP contribution in [0.2, 0.25) is 5.02 Å². The van der Waals surface area contributed by atoms with Crippen LogP contribution in [-0.4, -0.2) is 60.5 Å². The van der Waals surface area contributed by atoms with Crippen LogP contribution in [0.15, 0.2) is 60.3 Å². The fourth-order valence-corrected chi connectivity index (χ4v) is 3.35. The molecule has 0 aliphatic carbocycles. The van der Waals surface area contributed by atoms with Gasteiger partial charge in [-0.15, -0.1) is 0 Å². The van der Waals surface area contributed by atoms with Crippen molar-refractivity contribution in [2.45, 2.75) is 6.92 Å². The molecular weight excluding hydrogens is 418 g/mol. The van der Waals surface area contributed by atoms with E-state index >= 15 is 0 Å². The SMILES string of the molecule is CCOC(=O)N1CCN(C(=O)/C(=C/c2ccccc2Cl)NC(=O)c2ccccc2)CC1. The van der Waals surface area contributed by atoms with Crippen LogP contribution in [-0.2, 0) is 9.53 Å². The summed E-state index contributed by atoms with van der Waals surface area (Å²) in [6.07, 6.45) is 1.18. The Labute approximate surface area is 186 Å². The topological polar surface area (TPSA) is 79.0 Å². The van der Waals surface area contributed by atoms with Gasteiger partial charge in [-0.3, -0.25) is 9.59 Å². The van der Waals surface area contributed by atoms with Crippen LogP contribution in [0.3, 0.4) is 0 Å². The van der Waals surface area contributed by atoms with Crippen molar-refractivity contribution in [3.8, 4) is 0 Å². The zero-order valence-corrected chi connectivity index (χ0v) is 18.0. The van der Waals surface area contributed by atoms with Crippen LogP contribution in [0.1, 0.15) is 22.8 Å². The van der Waals surface area contributed by atoms with E-state index < -0.39 is 5.91 Å². The first-order valence-electron chi connectivity index (χ1n) is 10.0. The van der Waals surface area contributed by atoms with E-state index in [0.717, 1.165) is 0 Å². The Morgan fingerprint density at radius 1 is 0.968 bits per heavy atom. The average Bonchev–Trinajstić information content (AvgIpc) is 2.80. The van der Waals surface area contributed by atoms with Gasteiger partial charge in [-0.1, -0.05) is 48.0 Å². The van der Waals surface area contributed by atoms with Crippen molar-refractivity contribution in [3.05, 3.63) is 76.4 Å². The van der Waals surface area contributed by atoms with Crippen molar-refractivity contribution in [2.24, 2.45) is 0 Å². The highest BCUT2D eigenvalue weighted by Gasteiger charge is 2.27. The molecule has 0 radical (unpaired) electrons. The number of hydrogen-bond donors (Lipinski definition) is 1. The number of carbonyl (C=O) groups excluding carboxylic acids is 3. The second kappa shape index (κ2) is 10.6. The highest BCUT2D eigenvalue weighted by molar-refractivity contribution is 6.32.